The molecule has 1 saturated carbocycles. The Labute approximate surface area is 103 Å². The quantitative estimate of drug-likeness (QED) is 0.405. The number of carbonyl (C=O) groups is 1. The second-order valence-corrected chi connectivity index (χ2v) is 5.90. The van der Waals surface area contributed by atoms with E-state index in [1.165, 1.54) is 12.8 Å². The monoisotopic (exact) mass is 240 g/mol. The maximum absolute atomic E-state index is 11.6. The molecule has 0 unspecified atom stereocenters. The Morgan fingerprint density at radius 2 is 1.88 bits per heavy atom. The Balaban J connectivity index is 1.78. The second kappa shape index (κ2) is 4.92. The van der Waals surface area contributed by atoms with E-state index in [-0.39, 0.29) is 5.91 Å². The number of nitrogens with two attached hydrogens (primary N) is 1. The molecule has 0 radical (unpaired) electrons. The molecule has 5 heteroatoms. The topological polar surface area (TPSA) is 61.6 Å². The molecule has 2 rings (SSSR count). The van der Waals surface area contributed by atoms with E-state index in [9.17, 15) is 4.79 Å². The Morgan fingerprint density at radius 3 is 2.35 bits per heavy atom. The van der Waals surface area contributed by atoms with Crippen LogP contribution in [-0.2, 0) is 4.79 Å². The molecule has 0 aromatic carbocycles. The lowest BCUT2D eigenvalue weighted by Crippen LogP contribution is -2.53. The Kier molecular flexibility index (Phi) is 3.70. The van der Waals surface area contributed by atoms with Crippen molar-refractivity contribution in [3.8, 4) is 0 Å². The molecule has 1 amide bonds. The SMILES string of the molecule is CC(C)(CN1CCN(C2CC2)CC1)C(=O)NN. The predicted molar refractivity (Wildman–Crippen MR) is 67.1 cm³/mol. The zero-order valence-corrected chi connectivity index (χ0v) is 10.9. The first kappa shape index (κ1) is 12.8. The largest absolute Gasteiger partial charge is 0.300 e. The molecule has 2 aliphatic rings. The third-order valence-electron chi connectivity index (χ3n) is 3.83. The molecular weight excluding hydrogens is 216 g/mol. The molecule has 3 N–H and O–H groups in total. The third-order valence-corrected chi connectivity index (χ3v) is 3.83. The van der Waals surface area contributed by atoms with Crippen molar-refractivity contribution in [1.82, 2.24) is 15.2 Å². The van der Waals surface area contributed by atoms with Crippen molar-refractivity contribution in [1.29, 1.82) is 0 Å². The summed E-state index contributed by atoms with van der Waals surface area (Å²) in [6, 6.07) is 0.859. The number of nitrogens with one attached hydrogen (secondary N) is 1. The van der Waals surface area contributed by atoms with Crippen LogP contribution in [0.3, 0.4) is 0 Å². The van der Waals surface area contributed by atoms with Crippen LogP contribution in [-0.4, -0.2) is 54.5 Å². The minimum atomic E-state index is -0.406. The van der Waals surface area contributed by atoms with E-state index in [2.05, 4.69) is 15.2 Å². The van der Waals surface area contributed by atoms with Gasteiger partial charge < -0.3 is 0 Å². The lowest BCUT2D eigenvalue weighted by atomic mass is 9.91. The third kappa shape index (κ3) is 3.18. The summed E-state index contributed by atoms with van der Waals surface area (Å²) in [5.74, 6) is 5.13. The first-order valence-electron chi connectivity index (χ1n) is 6.50. The Bertz CT molecular complexity index is 280. The molecular formula is C12H24N4O. The van der Waals surface area contributed by atoms with E-state index in [4.69, 9.17) is 5.84 Å². The first-order valence-corrected chi connectivity index (χ1v) is 6.50. The van der Waals surface area contributed by atoms with E-state index < -0.39 is 5.41 Å². The fraction of sp³-hybridized carbons (Fsp3) is 0.917. The summed E-state index contributed by atoms with van der Waals surface area (Å²) < 4.78 is 0. The van der Waals surface area contributed by atoms with Gasteiger partial charge in [0.2, 0.25) is 5.91 Å². The van der Waals surface area contributed by atoms with E-state index in [0.29, 0.717) is 0 Å². The fourth-order valence-corrected chi connectivity index (χ4v) is 2.55. The fourth-order valence-electron chi connectivity index (χ4n) is 2.55. The molecule has 1 aliphatic heterocycles. The first-order chi connectivity index (χ1) is 8.03. The summed E-state index contributed by atoms with van der Waals surface area (Å²) in [4.78, 5) is 16.6. The molecule has 0 bridgehead atoms. The van der Waals surface area contributed by atoms with Crippen LogP contribution in [0.25, 0.3) is 0 Å². The van der Waals surface area contributed by atoms with Crippen LogP contribution in [0.5, 0.6) is 0 Å². The molecule has 5 nitrogen and oxygen atoms in total. The summed E-state index contributed by atoms with van der Waals surface area (Å²) in [5.41, 5.74) is 1.85. The van der Waals surface area contributed by atoms with Crippen LogP contribution in [0.4, 0.5) is 0 Å². The zero-order chi connectivity index (χ0) is 12.5. The molecule has 0 atom stereocenters. The van der Waals surface area contributed by atoms with E-state index in [0.717, 1.165) is 38.8 Å². The van der Waals surface area contributed by atoms with Crippen LogP contribution in [0.1, 0.15) is 26.7 Å². The molecule has 0 aromatic rings. The molecule has 98 valence electrons. The van der Waals surface area contributed by atoms with Gasteiger partial charge in [-0.3, -0.25) is 20.0 Å². The number of hydrogen-bond acceptors (Lipinski definition) is 4. The van der Waals surface area contributed by atoms with Gasteiger partial charge >= 0.3 is 0 Å². The highest BCUT2D eigenvalue weighted by Crippen LogP contribution is 2.28. The van der Waals surface area contributed by atoms with Crippen molar-refractivity contribution >= 4 is 5.91 Å². The lowest BCUT2D eigenvalue weighted by molar-refractivity contribution is -0.130. The molecule has 2 fully saturated rings. The normalized spacial score (nSPS) is 23.7. The van der Waals surface area contributed by atoms with Crippen molar-refractivity contribution in [2.75, 3.05) is 32.7 Å². The number of hydrazine groups is 1. The van der Waals surface area contributed by atoms with Crippen LogP contribution in [0, 0.1) is 5.41 Å². The predicted octanol–water partition coefficient (Wildman–Crippen LogP) is -0.217. The van der Waals surface area contributed by atoms with Crippen molar-refractivity contribution in [2.24, 2.45) is 11.3 Å². The maximum Gasteiger partial charge on any atom is 0.240 e. The number of amides is 1. The van der Waals surface area contributed by atoms with E-state index >= 15 is 0 Å². The average molecular weight is 240 g/mol. The second-order valence-electron chi connectivity index (χ2n) is 5.90. The standard InChI is InChI=1S/C12H24N4O/c1-12(2,11(17)14-13)9-15-5-7-16(8-6-15)10-3-4-10/h10H,3-9,13H2,1-2H3,(H,14,17). The van der Waals surface area contributed by atoms with Gasteiger partial charge in [-0.25, -0.2) is 5.84 Å². The van der Waals surface area contributed by atoms with Gasteiger partial charge in [-0.1, -0.05) is 0 Å². The summed E-state index contributed by atoms with van der Waals surface area (Å²) in [5, 5.41) is 0. The smallest absolute Gasteiger partial charge is 0.240 e. The maximum atomic E-state index is 11.6. The number of piperazine rings is 1. The van der Waals surface area contributed by atoms with Gasteiger partial charge in [0, 0.05) is 38.8 Å². The molecule has 17 heavy (non-hydrogen) atoms. The average Bonchev–Trinajstić information content (AvgIpc) is 3.12. The van der Waals surface area contributed by atoms with Gasteiger partial charge in [-0.15, -0.1) is 0 Å². The van der Waals surface area contributed by atoms with Crippen molar-refractivity contribution in [3.05, 3.63) is 0 Å². The van der Waals surface area contributed by atoms with Gasteiger partial charge in [-0.05, 0) is 26.7 Å². The van der Waals surface area contributed by atoms with Gasteiger partial charge in [0.25, 0.3) is 0 Å². The molecule has 1 saturated heterocycles. The summed E-state index contributed by atoms with van der Waals surface area (Å²) >= 11 is 0. The van der Waals surface area contributed by atoms with E-state index in [1.54, 1.807) is 0 Å². The summed E-state index contributed by atoms with van der Waals surface area (Å²) in [6.07, 6.45) is 2.75. The molecule has 0 spiro atoms. The van der Waals surface area contributed by atoms with Crippen molar-refractivity contribution in [3.63, 3.8) is 0 Å². The summed E-state index contributed by atoms with van der Waals surface area (Å²) in [7, 11) is 0. The van der Waals surface area contributed by atoms with Gasteiger partial charge in [0.15, 0.2) is 0 Å². The van der Waals surface area contributed by atoms with Gasteiger partial charge in [0.1, 0.15) is 0 Å². The Morgan fingerprint density at radius 1 is 1.29 bits per heavy atom. The zero-order valence-electron chi connectivity index (χ0n) is 10.9. The van der Waals surface area contributed by atoms with Crippen molar-refractivity contribution < 1.29 is 4.79 Å². The molecule has 1 aliphatic carbocycles. The van der Waals surface area contributed by atoms with Crippen molar-refractivity contribution in [2.45, 2.75) is 32.7 Å². The highest BCUT2D eigenvalue weighted by atomic mass is 16.2. The number of carbonyl (C=O) groups excluding carboxylic acids is 1. The highest BCUT2D eigenvalue weighted by molar-refractivity contribution is 5.81. The highest BCUT2D eigenvalue weighted by Gasteiger charge is 2.34. The minimum absolute atomic E-state index is 0.0814. The molecule has 0 aromatic heterocycles. The van der Waals surface area contributed by atoms with E-state index in [1.807, 2.05) is 13.8 Å². The van der Waals surface area contributed by atoms with Crippen LogP contribution < -0.4 is 11.3 Å². The number of rotatable bonds is 4. The number of hydrogen-bond donors (Lipinski definition) is 2. The summed E-state index contributed by atoms with van der Waals surface area (Å²) in [6.45, 7) is 9.10. The van der Waals surface area contributed by atoms with Gasteiger partial charge in [-0.2, -0.15) is 0 Å². The number of nitrogens with zero attached hydrogens (tertiary/aromatic N) is 2. The lowest BCUT2D eigenvalue weighted by Gasteiger charge is -2.38. The molecule has 1 heterocycles. The van der Waals surface area contributed by atoms with Crippen LogP contribution >= 0.6 is 0 Å². The van der Waals surface area contributed by atoms with Gasteiger partial charge in [0.05, 0.1) is 5.41 Å². The minimum Gasteiger partial charge on any atom is -0.300 e. The van der Waals surface area contributed by atoms with Crippen LogP contribution in [0.2, 0.25) is 0 Å². The van der Waals surface area contributed by atoms with Crippen LogP contribution in [0.15, 0.2) is 0 Å². The Hall–Kier alpha value is -0.650.